The molecular weight excluding hydrogens is 188 g/mol. The highest BCUT2D eigenvalue weighted by Gasteiger charge is 2.19. The Morgan fingerprint density at radius 1 is 1.20 bits per heavy atom. The maximum atomic E-state index is 5.16. The topological polar surface area (TPSA) is 24.5 Å². The number of hydrogen-bond donors (Lipinski definition) is 1. The Labute approximate surface area is 95.2 Å². The van der Waals surface area contributed by atoms with Gasteiger partial charge in [0.25, 0.3) is 0 Å². The lowest BCUT2D eigenvalue weighted by atomic mass is 10.1. The molecule has 0 saturated carbocycles. The van der Waals surface area contributed by atoms with E-state index in [1.165, 1.54) is 0 Å². The Balaban J connectivity index is 4.19. The second kappa shape index (κ2) is 8.08. The minimum absolute atomic E-state index is 0.514. The number of ether oxygens (including phenoxy) is 1. The number of rotatable bonds is 8. The first kappa shape index (κ1) is 14.9. The van der Waals surface area contributed by atoms with Crippen LogP contribution in [0.3, 0.4) is 0 Å². The molecule has 0 saturated heterocycles. The zero-order valence-electron chi connectivity index (χ0n) is 11.2. The Kier molecular flexibility index (Phi) is 8.02. The number of methoxy groups -OCH3 is 1. The Morgan fingerprint density at radius 3 is 2.20 bits per heavy atom. The fourth-order valence-electron chi connectivity index (χ4n) is 1.70. The predicted octanol–water partition coefficient (Wildman–Crippen LogP) is 1.59. The third kappa shape index (κ3) is 6.13. The summed E-state index contributed by atoms with van der Waals surface area (Å²) in [5.74, 6) is 0.702. The average molecular weight is 216 g/mol. The van der Waals surface area contributed by atoms with Crippen molar-refractivity contribution in [3.63, 3.8) is 0 Å². The van der Waals surface area contributed by atoms with Gasteiger partial charge in [0.1, 0.15) is 0 Å². The maximum absolute atomic E-state index is 5.16. The van der Waals surface area contributed by atoms with Crippen LogP contribution in [0.15, 0.2) is 0 Å². The lowest BCUT2D eigenvalue weighted by Gasteiger charge is -2.34. The lowest BCUT2D eigenvalue weighted by Crippen LogP contribution is -2.48. The molecule has 0 fully saturated rings. The largest absolute Gasteiger partial charge is 0.383 e. The van der Waals surface area contributed by atoms with E-state index in [4.69, 9.17) is 4.74 Å². The van der Waals surface area contributed by atoms with Gasteiger partial charge in [-0.05, 0) is 26.8 Å². The first-order valence-corrected chi connectivity index (χ1v) is 5.93. The van der Waals surface area contributed by atoms with Crippen molar-refractivity contribution in [1.82, 2.24) is 10.2 Å². The highest BCUT2D eigenvalue weighted by atomic mass is 16.5. The van der Waals surface area contributed by atoms with Crippen LogP contribution in [-0.2, 0) is 4.74 Å². The van der Waals surface area contributed by atoms with Crippen molar-refractivity contribution in [2.75, 3.05) is 33.9 Å². The van der Waals surface area contributed by atoms with Gasteiger partial charge >= 0.3 is 0 Å². The van der Waals surface area contributed by atoms with E-state index >= 15 is 0 Å². The third-order valence-corrected chi connectivity index (χ3v) is 2.94. The second-order valence-electron chi connectivity index (χ2n) is 4.70. The van der Waals surface area contributed by atoms with Crippen LogP contribution < -0.4 is 5.32 Å². The molecule has 15 heavy (non-hydrogen) atoms. The van der Waals surface area contributed by atoms with Gasteiger partial charge in [-0.2, -0.15) is 0 Å². The summed E-state index contributed by atoms with van der Waals surface area (Å²) in [5.41, 5.74) is 0. The molecule has 0 spiro atoms. The van der Waals surface area contributed by atoms with Crippen LogP contribution in [0, 0.1) is 5.92 Å². The van der Waals surface area contributed by atoms with Gasteiger partial charge in [0.2, 0.25) is 0 Å². The van der Waals surface area contributed by atoms with Gasteiger partial charge in [0, 0.05) is 32.3 Å². The van der Waals surface area contributed by atoms with Gasteiger partial charge in [-0.15, -0.1) is 0 Å². The summed E-state index contributed by atoms with van der Waals surface area (Å²) in [6.45, 7) is 12.0. The van der Waals surface area contributed by atoms with Gasteiger partial charge in [0.05, 0.1) is 6.61 Å². The zero-order chi connectivity index (χ0) is 11.8. The van der Waals surface area contributed by atoms with Crippen molar-refractivity contribution in [3.8, 4) is 0 Å². The van der Waals surface area contributed by atoms with Gasteiger partial charge in [-0.3, -0.25) is 4.90 Å². The van der Waals surface area contributed by atoms with Gasteiger partial charge < -0.3 is 10.1 Å². The van der Waals surface area contributed by atoms with E-state index in [1.54, 1.807) is 7.11 Å². The second-order valence-corrected chi connectivity index (χ2v) is 4.70. The smallest absolute Gasteiger partial charge is 0.0589 e. The summed E-state index contributed by atoms with van der Waals surface area (Å²) in [5, 5.41) is 3.31. The SMILES string of the molecule is CNC(C)C(C)N(CCOC)CC(C)C. The molecule has 0 aromatic carbocycles. The molecule has 92 valence electrons. The molecule has 0 rings (SSSR count). The van der Waals surface area contributed by atoms with E-state index in [1.807, 2.05) is 7.05 Å². The van der Waals surface area contributed by atoms with Crippen LogP contribution in [0.1, 0.15) is 27.7 Å². The summed E-state index contributed by atoms with van der Waals surface area (Å²) in [6.07, 6.45) is 0. The molecule has 0 bridgehead atoms. The lowest BCUT2D eigenvalue weighted by molar-refractivity contribution is 0.103. The van der Waals surface area contributed by atoms with E-state index in [0.29, 0.717) is 18.0 Å². The summed E-state index contributed by atoms with van der Waals surface area (Å²) in [6, 6.07) is 1.06. The molecule has 0 radical (unpaired) electrons. The minimum Gasteiger partial charge on any atom is -0.383 e. The quantitative estimate of drug-likeness (QED) is 0.667. The van der Waals surface area contributed by atoms with Gasteiger partial charge in [0.15, 0.2) is 0 Å². The Bertz CT molecular complexity index is 151. The summed E-state index contributed by atoms with van der Waals surface area (Å²) in [4.78, 5) is 2.50. The Morgan fingerprint density at radius 2 is 1.80 bits per heavy atom. The van der Waals surface area contributed by atoms with Crippen molar-refractivity contribution in [3.05, 3.63) is 0 Å². The predicted molar refractivity (Wildman–Crippen MR) is 66.3 cm³/mol. The van der Waals surface area contributed by atoms with E-state index in [0.717, 1.165) is 19.7 Å². The highest BCUT2D eigenvalue weighted by molar-refractivity contribution is 4.77. The zero-order valence-corrected chi connectivity index (χ0v) is 11.2. The molecule has 1 N–H and O–H groups in total. The number of nitrogens with zero attached hydrogens (tertiary/aromatic N) is 1. The van der Waals surface area contributed by atoms with Crippen molar-refractivity contribution in [1.29, 1.82) is 0 Å². The molecule has 3 heteroatoms. The van der Waals surface area contributed by atoms with Crippen LogP contribution in [0.5, 0.6) is 0 Å². The normalized spacial score (nSPS) is 16.0. The van der Waals surface area contributed by atoms with E-state index < -0.39 is 0 Å². The molecule has 2 atom stereocenters. The van der Waals surface area contributed by atoms with Crippen LogP contribution in [0.2, 0.25) is 0 Å². The first-order valence-electron chi connectivity index (χ1n) is 5.93. The molecule has 0 heterocycles. The molecular formula is C12H28N2O. The van der Waals surface area contributed by atoms with Crippen molar-refractivity contribution >= 4 is 0 Å². The monoisotopic (exact) mass is 216 g/mol. The molecule has 0 aliphatic heterocycles. The highest BCUT2D eigenvalue weighted by Crippen LogP contribution is 2.07. The van der Waals surface area contributed by atoms with Crippen molar-refractivity contribution < 1.29 is 4.74 Å². The molecule has 0 aliphatic rings. The van der Waals surface area contributed by atoms with Gasteiger partial charge in [-0.1, -0.05) is 13.8 Å². The average Bonchev–Trinajstić information content (AvgIpc) is 2.21. The van der Waals surface area contributed by atoms with Crippen LogP contribution >= 0.6 is 0 Å². The van der Waals surface area contributed by atoms with Crippen LogP contribution in [0.25, 0.3) is 0 Å². The van der Waals surface area contributed by atoms with Crippen molar-refractivity contribution in [2.45, 2.75) is 39.8 Å². The molecule has 3 nitrogen and oxygen atoms in total. The van der Waals surface area contributed by atoms with Crippen molar-refractivity contribution in [2.24, 2.45) is 5.92 Å². The molecule has 0 aliphatic carbocycles. The minimum atomic E-state index is 0.514. The summed E-state index contributed by atoms with van der Waals surface area (Å²) < 4.78 is 5.16. The van der Waals surface area contributed by atoms with Crippen LogP contribution in [0.4, 0.5) is 0 Å². The molecule has 0 aromatic heterocycles. The fourth-order valence-corrected chi connectivity index (χ4v) is 1.70. The van der Waals surface area contributed by atoms with E-state index in [-0.39, 0.29) is 0 Å². The standard InChI is InChI=1S/C12H28N2O/c1-10(2)9-14(7-8-15-6)12(4)11(3)13-5/h10-13H,7-9H2,1-6H3. The number of likely N-dealkylation sites (N-methyl/N-ethyl adjacent to an activating group) is 1. The summed E-state index contributed by atoms with van der Waals surface area (Å²) in [7, 11) is 3.78. The number of nitrogens with one attached hydrogen (secondary N) is 1. The number of hydrogen-bond acceptors (Lipinski definition) is 3. The Hall–Kier alpha value is -0.120. The first-order chi connectivity index (χ1) is 7.02. The maximum Gasteiger partial charge on any atom is 0.0589 e. The third-order valence-electron chi connectivity index (χ3n) is 2.94. The summed E-state index contributed by atoms with van der Waals surface area (Å²) >= 11 is 0. The fraction of sp³-hybridized carbons (Fsp3) is 1.00. The van der Waals surface area contributed by atoms with Gasteiger partial charge in [-0.25, -0.2) is 0 Å². The van der Waals surface area contributed by atoms with E-state index in [2.05, 4.69) is 37.9 Å². The van der Waals surface area contributed by atoms with E-state index in [9.17, 15) is 0 Å². The molecule has 0 amide bonds. The molecule has 2 unspecified atom stereocenters. The molecule has 0 aromatic rings. The van der Waals surface area contributed by atoms with Crippen LogP contribution in [-0.4, -0.2) is 50.8 Å².